The Morgan fingerprint density at radius 1 is 1.23 bits per heavy atom. The molecular weight excluding hydrogens is 514 g/mol. The molecule has 40 heavy (non-hydrogen) atoms. The molecule has 1 aliphatic rings. The minimum Gasteiger partial charge on any atom is -0.463 e. The van der Waals surface area contributed by atoms with Crippen LogP contribution in [-0.4, -0.2) is 85.8 Å². The molecule has 1 aliphatic heterocycles. The lowest BCUT2D eigenvalue weighted by atomic mass is 10.0. The molecule has 3 aromatic rings. The lowest BCUT2D eigenvalue weighted by Crippen LogP contribution is -2.45. The van der Waals surface area contributed by atoms with Crippen molar-refractivity contribution in [2.24, 2.45) is 0 Å². The Labute approximate surface area is 234 Å². The quantitative estimate of drug-likeness (QED) is 0.153. The molecule has 0 saturated carbocycles. The Hall–Kier alpha value is -3.48. The number of rotatable bonds is 14. The number of nitrogens with two attached hydrogens (primary N) is 1. The second kappa shape index (κ2) is 14.2. The van der Waals surface area contributed by atoms with Crippen molar-refractivity contribution in [3.63, 3.8) is 0 Å². The van der Waals surface area contributed by atoms with Gasteiger partial charge in [-0.1, -0.05) is 25.5 Å². The van der Waals surface area contributed by atoms with Gasteiger partial charge in [-0.25, -0.2) is 4.79 Å². The number of unbranched alkanes of at least 4 members (excludes halogenated alkanes) is 1. The summed E-state index contributed by atoms with van der Waals surface area (Å²) in [5, 5.41) is 9.33. The fourth-order valence-electron chi connectivity index (χ4n) is 5.19. The largest absolute Gasteiger partial charge is 0.463 e. The average Bonchev–Trinajstić information content (AvgIpc) is 3.24. The molecule has 12 heteroatoms. The molecule has 0 atom stereocenters. The Morgan fingerprint density at radius 3 is 2.75 bits per heavy atom. The summed E-state index contributed by atoms with van der Waals surface area (Å²) in [6, 6.07) is 8.13. The molecule has 4 N–H and O–H groups in total. The van der Waals surface area contributed by atoms with Gasteiger partial charge < -0.3 is 30.2 Å². The van der Waals surface area contributed by atoms with Gasteiger partial charge in [-0.2, -0.15) is 9.97 Å². The van der Waals surface area contributed by atoms with E-state index in [-0.39, 0.29) is 30.1 Å². The van der Waals surface area contributed by atoms with Crippen LogP contribution in [0.15, 0.2) is 29.1 Å². The number of nitrogens with one attached hydrogen (secondary N) is 1. The first-order valence-corrected chi connectivity index (χ1v) is 14.1. The number of carbonyl (C=O) groups is 1. The Bertz CT molecular complexity index is 1320. The maximum absolute atomic E-state index is 12.8. The van der Waals surface area contributed by atoms with Crippen molar-refractivity contribution in [2.45, 2.75) is 65.1 Å². The average molecular weight is 556 g/mol. The number of carbonyl (C=O) groups excluding carboxylic acids is 1. The lowest BCUT2D eigenvalue weighted by molar-refractivity contribution is -0.131. The van der Waals surface area contributed by atoms with Gasteiger partial charge in [-0.05, 0) is 56.5 Å². The molecule has 0 aliphatic carbocycles. The van der Waals surface area contributed by atoms with Gasteiger partial charge in [0.05, 0.1) is 13.2 Å². The number of H-pyrrole nitrogens is 1. The third-order valence-electron chi connectivity index (χ3n) is 7.22. The van der Waals surface area contributed by atoms with Crippen LogP contribution >= 0.6 is 0 Å². The van der Waals surface area contributed by atoms with Crippen LogP contribution in [0.3, 0.4) is 0 Å². The Kier molecular flexibility index (Phi) is 10.5. The van der Waals surface area contributed by atoms with Crippen molar-refractivity contribution in [3.05, 3.63) is 40.3 Å². The molecule has 1 fully saturated rings. The number of aromatic nitrogens is 4. The summed E-state index contributed by atoms with van der Waals surface area (Å²) < 4.78 is 12.6. The molecule has 0 spiro atoms. The molecule has 12 nitrogen and oxygen atoms in total. The molecule has 1 saturated heterocycles. The summed E-state index contributed by atoms with van der Waals surface area (Å²) in [6.45, 7) is 8.55. The summed E-state index contributed by atoms with van der Waals surface area (Å²) in [5.41, 5.74) is 7.74. The topological polar surface area (TPSA) is 152 Å². The summed E-state index contributed by atoms with van der Waals surface area (Å²) in [5.74, 6) is 0.372. The number of aliphatic hydroxyl groups is 1. The fraction of sp³-hybridized carbons (Fsp3) is 0.571. The van der Waals surface area contributed by atoms with Crippen LogP contribution in [-0.2, 0) is 17.9 Å². The molecule has 0 radical (unpaired) electrons. The number of benzene rings is 1. The van der Waals surface area contributed by atoms with E-state index in [1.54, 1.807) is 10.6 Å². The van der Waals surface area contributed by atoms with Crippen LogP contribution in [0, 0.1) is 0 Å². The predicted octanol–water partition coefficient (Wildman–Crippen LogP) is 2.16. The zero-order valence-electron chi connectivity index (χ0n) is 23.5. The van der Waals surface area contributed by atoms with Crippen LogP contribution in [0.1, 0.15) is 51.5 Å². The van der Waals surface area contributed by atoms with E-state index in [1.165, 1.54) is 6.92 Å². The molecule has 3 heterocycles. The smallest absolute Gasteiger partial charge is 0.327 e. The van der Waals surface area contributed by atoms with E-state index in [4.69, 9.17) is 15.2 Å². The minimum absolute atomic E-state index is 0.163. The van der Waals surface area contributed by atoms with E-state index in [2.05, 4.69) is 31.7 Å². The maximum atomic E-state index is 12.8. The van der Waals surface area contributed by atoms with Crippen LogP contribution < -0.4 is 20.9 Å². The minimum atomic E-state index is -0.349. The van der Waals surface area contributed by atoms with Crippen molar-refractivity contribution in [2.75, 3.05) is 45.1 Å². The van der Waals surface area contributed by atoms with Crippen molar-refractivity contribution < 1.29 is 19.4 Å². The van der Waals surface area contributed by atoms with Crippen LogP contribution in [0.2, 0.25) is 0 Å². The second-order valence-electron chi connectivity index (χ2n) is 10.2. The van der Waals surface area contributed by atoms with Crippen LogP contribution in [0.5, 0.6) is 11.8 Å². The Balaban J connectivity index is 1.48. The van der Waals surface area contributed by atoms with Gasteiger partial charge in [-0.3, -0.25) is 14.3 Å². The Morgan fingerprint density at radius 2 is 2.02 bits per heavy atom. The van der Waals surface area contributed by atoms with Crippen molar-refractivity contribution in [1.82, 2.24) is 29.3 Å². The molecular formula is C28H41N7O5. The van der Waals surface area contributed by atoms with Crippen molar-refractivity contribution in [3.8, 4) is 11.8 Å². The SMILES string of the molecule is CCCCOc1nc(N)c2[nH]c(=O)n(CCCN(Cc3cccc(OC(C)=O)c3)C3CCN(CCO)CC3)c2n1. The fourth-order valence-corrected chi connectivity index (χ4v) is 5.19. The number of β-amino-alcohol motifs (C(OH)–C–C–N with tert-alkyl or cyclic N) is 1. The monoisotopic (exact) mass is 555 g/mol. The predicted molar refractivity (Wildman–Crippen MR) is 152 cm³/mol. The third-order valence-corrected chi connectivity index (χ3v) is 7.22. The second-order valence-corrected chi connectivity index (χ2v) is 10.2. The number of esters is 1. The first kappa shape index (κ1) is 29.5. The van der Waals surface area contributed by atoms with Gasteiger partial charge in [0, 0.05) is 39.1 Å². The number of fused-ring (bicyclic) bond motifs is 1. The summed E-state index contributed by atoms with van der Waals surface area (Å²) in [7, 11) is 0. The van der Waals surface area contributed by atoms with E-state index >= 15 is 0 Å². The molecule has 0 unspecified atom stereocenters. The van der Waals surface area contributed by atoms with Gasteiger partial charge in [0.15, 0.2) is 11.5 Å². The molecule has 4 rings (SSSR count). The van der Waals surface area contributed by atoms with Gasteiger partial charge >= 0.3 is 17.7 Å². The number of aromatic amines is 1. The number of anilines is 1. The first-order valence-electron chi connectivity index (χ1n) is 14.1. The highest BCUT2D eigenvalue weighted by molar-refractivity contribution is 5.81. The van der Waals surface area contributed by atoms with E-state index in [0.29, 0.717) is 55.6 Å². The summed E-state index contributed by atoms with van der Waals surface area (Å²) >= 11 is 0. The molecule has 2 aromatic heterocycles. The summed E-state index contributed by atoms with van der Waals surface area (Å²) in [6.07, 6.45) is 4.54. The normalized spacial score (nSPS) is 14.7. The standard InChI is InChI=1S/C28H41N7O5/c1-3-4-17-39-27-31-25(29)24-26(32-27)35(28(38)30-24)12-6-11-34(22-9-13-33(14-10-22)15-16-36)19-21-7-5-8-23(18-21)40-20(2)37/h5,7-8,18,22,36H,3-4,6,9-17,19H2,1-2H3,(H,30,38)(H2,29,31,32). The first-order chi connectivity index (χ1) is 19.4. The molecule has 1 aromatic carbocycles. The number of hydrogen-bond donors (Lipinski definition) is 3. The highest BCUT2D eigenvalue weighted by Gasteiger charge is 2.25. The van der Waals surface area contributed by atoms with Gasteiger partial charge in [0.25, 0.3) is 0 Å². The van der Waals surface area contributed by atoms with Crippen LogP contribution in [0.4, 0.5) is 5.82 Å². The zero-order valence-corrected chi connectivity index (χ0v) is 23.5. The number of likely N-dealkylation sites (tertiary alicyclic amines) is 1. The van der Waals surface area contributed by atoms with E-state index in [0.717, 1.165) is 50.9 Å². The number of aliphatic hydroxyl groups excluding tert-OH is 1. The highest BCUT2D eigenvalue weighted by atomic mass is 16.5. The molecule has 0 bridgehead atoms. The number of piperidine rings is 1. The number of ether oxygens (including phenoxy) is 2. The molecule has 0 amide bonds. The number of aryl methyl sites for hydroxylation is 1. The van der Waals surface area contributed by atoms with E-state index < -0.39 is 0 Å². The number of nitrogens with zero attached hydrogens (tertiary/aromatic N) is 5. The molecule has 218 valence electrons. The van der Waals surface area contributed by atoms with Gasteiger partial charge in [0.2, 0.25) is 0 Å². The van der Waals surface area contributed by atoms with Gasteiger partial charge in [-0.15, -0.1) is 0 Å². The third kappa shape index (κ3) is 7.80. The van der Waals surface area contributed by atoms with Crippen molar-refractivity contribution >= 4 is 23.0 Å². The number of imidazole rings is 1. The highest BCUT2D eigenvalue weighted by Crippen LogP contribution is 2.23. The lowest BCUT2D eigenvalue weighted by Gasteiger charge is -2.38. The number of hydrogen-bond acceptors (Lipinski definition) is 10. The maximum Gasteiger partial charge on any atom is 0.327 e. The van der Waals surface area contributed by atoms with Gasteiger partial charge in [0.1, 0.15) is 11.3 Å². The number of nitrogen functional groups attached to an aromatic ring is 1. The van der Waals surface area contributed by atoms with Crippen LogP contribution in [0.25, 0.3) is 11.2 Å². The summed E-state index contributed by atoms with van der Waals surface area (Å²) in [4.78, 5) is 40.4. The van der Waals surface area contributed by atoms with E-state index in [9.17, 15) is 14.7 Å². The zero-order chi connectivity index (χ0) is 28.5. The van der Waals surface area contributed by atoms with Crippen molar-refractivity contribution in [1.29, 1.82) is 0 Å². The van der Waals surface area contributed by atoms with E-state index in [1.807, 2.05) is 18.2 Å².